The van der Waals surface area contributed by atoms with Gasteiger partial charge in [-0.05, 0) is 42.0 Å². The number of fused-ring (bicyclic) bond motifs is 1. The number of halogens is 3. The number of carbonyl (C=O) groups is 1. The minimum absolute atomic E-state index is 0.267. The van der Waals surface area contributed by atoms with Gasteiger partial charge in [0.2, 0.25) is 0 Å². The summed E-state index contributed by atoms with van der Waals surface area (Å²) in [7, 11) is 0. The highest BCUT2D eigenvalue weighted by Gasteiger charge is 2.24. The molecule has 1 amide bonds. The Morgan fingerprint density at radius 1 is 1.05 bits per heavy atom. The van der Waals surface area contributed by atoms with Crippen LogP contribution in [-0.4, -0.2) is 5.91 Å². The van der Waals surface area contributed by atoms with Crippen LogP contribution in [0, 0.1) is 5.82 Å². The van der Waals surface area contributed by atoms with Crippen molar-refractivity contribution < 1.29 is 9.18 Å². The van der Waals surface area contributed by atoms with E-state index in [0.29, 0.717) is 26.9 Å². The van der Waals surface area contributed by atoms with Gasteiger partial charge >= 0.3 is 0 Å². The van der Waals surface area contributed by atoms with Gasteiger partial charge in [-0.25, -0.2) is 4.39 Å². The van der Waals surface area contributed by atoms with E-state index in [4.69, 9.17) is 23.2 Å². The van der Waals surface area contributed by atoms with E-state index in [0.717, 1.165) is 5.56 Å². The van der Waals surface area contributed by atoms with Crippen molar-refractivity contribution in [3.63, 3.8) is 0 Å². The fourth-order valence-corrected chi connectivity index (χ4v) is 2.39. The Balaban J connectivity index is 2.08. The van der Waals surface area contributed by atoms with Crippen molar-refractivity contribution in [1.29, 1.82) is 0 Å². The molecule has 0 aliphatic carbocycles. The van der Waals surface area contributed by atoms with Gasteiger partial charge in [0, 0.05) is 11.1 Å². The third kappa shape index (κ3) is 2.30. The molecule has 0 aromatic heterocycles. The van der Waals surface area contributed by atoms with Crippen LogP contribution in [0.25, 0.3) is 11.6 Å². The Bertz CT molecular complexity index is 756. The van der Waals surface area contributed by atoms with E-state index < -0.39 is 0 Å². The molecule has 1 aliphatic heterocycles. The fraction of sp³-hybridized carbons (Fsp3) is 0. The zero-order valence-electron chi connectivity index (χ0n) is 10.1. The number of rotatable bonds is 1. The van der Waals surface area contributed by atoms with Crippen LogP contribution >= 0.6 is 23.2 Å². The zero-order chi connectivity index (χ0) is 14.3. The minimum atomic E-state index is -0.389. The van der Waals surface area contributed by atoms with Gasteiger partial charge in [0.25, 0.3) is 5.91 Å². The first-order chi connectivity index (χ1) is 9.54. The molecule has 0 unspecified atom stereocenters. The van der Waals surface area contributed by atoms with Gasteiger partial charge in [-0.3, -0.25) is 4.79 Å². The first-order valence-corrected chi connectivity index (χ1v) is 6.58. The predicted molar refractivity (Wildman–Crippen MR) is 79.4 cm³/mol. The lowest BCUT2D eigenvalue weighted by molar-refractivity contribution is -0.110. The van der Waals surface area contributed by atoms with Crippen molar-refractivity contribution >= 4 is 46.4 Å². The van der Waals surface area contributed by atoms with Crippen LogP contribution in [0.2, 0.25) is 10.0 Å². The summed E-state index contributed by atoms with van der Waals surface area (Å²) in [6, 6.07) is 9.28. The second-order valence-corrected chi connectivity index (χ2v) is 5.19. The van der Waals surface area contributed by atoms with E-state index in [9.17, 15) is 9.18 Å². The molecule has 5 heteroatoms. The largest absolute Gasteiger partial charge is 0.321 e. The highest BCUT2D eigenvalue weighted by atomic mass is 35.5. The molecule has 3 rings (SSSR count). The van der Waals surface area contributed by atoms with Crippen molar-refractivity contribution in [2.75, 3.05) is 5.32 Å². The summed E-state index contributed by atoms with van der Waals surface area (Å²) in [4.78, 5) is 11.9. The SMILES string of the molecule is O=C1Nc2cc(F)ccc2C1=Cc1ccc(Cl)c(Cl)c1. The molecule has 2 nitrogen and oxygen atoms in total. The molecule has 1 N–H and O–H groups in total. The van der Waals surface area contributed by atoms with Crippen LogP contribution < -0.4 is 5.32 Å². The molecule has 0 saturated heterocycles. The fourth-order valence-electron chi connectivity index (χ4n) is 2.08. The lowest BCUT2D eigenvalue weighted by atomic mass is 10.0. The van der Waals surface area contributed by atoms with Gasteiger partial charge < -0.3 is 5.32 Å². The summed E-state index contributed by atoms with van der Waals surface area (Å²) in [6.07, 6.45) is 1.70. The van der Waals surface area contributed by atoms with Gasteiger partial charge in [0.15, 0.2) is 0 Å². The quantitative estimate of drug-likeness (QED) is 0.765. The second kappa shape index (κ2) is 4.93. The molecular weight excluding hydrogens is 300 g/mol. The molecule has 100 valence electrons. The molecule has 0 fully saturated rings. The molecule has 2 aromatic rings. The Hall–Kier alpha value is -1.84. The van der Waals surface area contributed by atoms with E-state index in [1.807, 2.05) is 0 Å². The summed E-state index contributed by atoms with van der Waals surface area (Å²) in [6.45, 7) is 0. The number of benzene rings is 2. The normalized spacial score (nSPS) is 15.3. The Labute approximate surface area is 124 Å². The van der Waals surface area contributed by atoms with Gasteiger partial charge in [0.05, 0.1) is 15.7 Å². The van der Waals surface area contributed by atoms with Crippen molar-refractivity contribution in [2.24, 2.45) is 0 Å². The molecule has 0 saturated carbocycles. The number of nitrogens with one attached hydrogen (secondary N) is 1. The van der Waals surface area contributed by atoms with E-state index in [1.165, 1.54) is 12.1 Å². The summed E-state index contributed by atoms with van der Waals surface area (Å²) < 4.78 is 13.1. The Morgan fingerprint density at radius 2 is 1.85 bits per heavy atom. The lowest BCUT2D eigenvalue weighted by Gasteiger charge is -2.00. The lowest BCUT2D eigenvalue weighted by Crippen LogP contribution is -2.03. The smallest absolute Gasteiger partial charge is 0.256 e. The number of carbonyl (C=O) groups excluding carboxylic acids is 1. The minimum Gasteiger partial charge on any atom is -0.321 e. The number of amides is 1. The predicted octanol–water partition coefficient (Wildman–Crippen LogP) is 4.63. The summed E-state index contributed by atoms with van der Waals surface area (Å²) in [5, 5.41) is 3.49. The third-order valence-corrected chi connectivity index (χ3v) is 3.76. The van der Waals surface area contributed by atoms with Crippen molar-refractivity contribution in [1.82, 2.24) is 0 Å². The topological polar surface area (TPSA) is 29.1 Å². The van der Waals surface area contributed by atoms with Crippen LogP contribution in [0.4, 0.5) is 10.1 Å². The van der Waals surface area contributed by atoms with Crippen LogP contribution in [0.1, 0.15) is 11.1 Å². The highest BCUT2D eigenvalue weighted by molar-refractivity contribution is 6.42. The van der Waals surface area contributed by atoms with Crippen LogP contribution in [0.5, 0.6) is 0 Å². The maximum absolute atomic E-state index is 13.1. The first kappa shape index (κ1) is 13.2. The summed E-state index contributed by atoms with van der Waals surface area (Å²) in [5.41, 5.74) is 2.36. The average molecular weight is 308 g/mol. The maximum atomic E-state index is 13.1. The molecule has 0 spiro atoms. The average Bonchev–Trinajstić information content (AvgIpc) is 2.69. The molecule has 20 heavy (non-hydrogen) atoms. The van der Waals surface area contributed by atoms with Crippen molar-refractivity contribution in [2.45, 2.75) is 0 Å². The van der Waals surface area contributed by atoms with Gasteiger partial charge in [-0.15, -0.1) is 0 Å². The molecule has 1 aliphatic rings. The van der Waals surface area contributed by atoms with E-state index in [1.54, 1.807) is 30.3 Å². The van der Waals surface area contributed by atoms with Crippen LogP contribution in [0.3, 0.4) is 0 Å². The van der Waals surface area contributed by atoms with Crippen LogP contribution in [-0.2, 0) is 4.79 Å². The maximum Gasteiger partial charge on any atom is 0.256 e. The molecule has 0 atom stereocenters. The van der Waals surface area contributed by atoms with E-state index in [2.05, 4.69) is 5.32 Å². The second-order valence-electron chi connectivity index (χ2n) is 4.38. The van der Waals surface area contributed by atoms with E-state index in [-0.39, 0.29) is 11.7 Å². The molecular formula is C15H8Cl2FNO. The molecule has 1 heterocycles. The van der Waals surface area contributed by atoms with E-state index >= 15 is 0 Å². The molecule has 0 bridgehead atoms. The molecule has 0 radical (unpaired) electrons. The zero-order valence-corrected chi connectivity index (χ0v) is 11.6. The highest BCUT2D eigenvalue weighted by Crippen LogP contribution is 2.34. The molecule has 2 aromatic carbocycles. The standard InChI is InChI=1S/C15H8Cl2FNO/c16-12-4-1-8(6-13(12)17)5-11-10-3-2-9(18)7-14(10)19-15(11)20/h1-7H,(H,19,20). The number of hydrogen-bond acceptors (Lipinski definition) is 1. The summed E-state index contributed by atoms with van der Waals surface area (Å²) >= 11 is 11.8. The Kier molecular flexibility index (Phi) is 3.24. The monoisotopic (exact) mass is 307 g/mol. The number of anilines is 1. The number of hydrogen-bond donors (Lipinski definition) is 1. The van der Waals surface area contributed by atoms with Gasteiger partial charge in [0.1, 0.15) is 5.82 Å². The Morgan fingerprint density at radius 3 is 2.60 bits per heavy atom. The first-order valence-electron chi connectivity index (χ1n) is 5.82. The van der Waals surface area contributed by atoms with Gasteiger partial charge in [-0.1, -0.05) is 29.3 Å². The van der Waals surface area contributed by atoms with Crippen molar-refractivity contribution in [3.05, 3.63) is 63.4 Å². The van der Waals surface area contributed by atoms with Gasteiger partial charge in [-0.2, -0.15) is 0 Å². The summed E-state index contributed by atoms with van der Waals surface area (Å²) in [5.74, 6) is -0.656. The third-order valence-electron chi connectivity index (χ3n) is 3.02. The van der Waals surface area contributed by atoms with Crippen molar-refractivity contribution in [3.8, 4) is 0 Å². The van der Waals surface area contributed by atoms with Crippen LogP contribution in [0.15, 0.2) is 36.4 Å².